The number of nitrogens with one attached hydrogen (secondary N) is 1. The van der Waals surface area contributed by atoms with Gasteiger partial charge in [-0.3, -0.25) is 5.10 Å². The smallest absolute Gasteiger partial charge is 0.0704 e. The van der Waals surface area contributed by atoms with E-state index in [0.717, 1.165) is 16.6 Å². The van der Waals surface area contributed by atoms with Crippen LogP contribution in [0.5, 0.6) is 0 Å². The zero-order chi connectivity index (χ0) is 6.97. The Morgan fingerprint density at radius 3 is 2.90 bits per heavy atom. The molecule has 0 aliphatic rings. The van der Waals surface area contributed by atoms with Gasteiger partial charge in [-0.05, 0) is 13.0 Å². The summed E-state index contributed by atoms with van der Waals surface area (Å²) in [6, 6.07) is 7.94. The molecule has 1 N–H and O–H groups in total. The van der Waals surface area contributed by atoms with Crippen LogP contribution in [0.3, 0.4) is 0 Å². The number of para-hydroxylation sites is 1. The van der Waals surface area contributed by atoms with E-state index in [2.05, 4.69) is 17.1 Å². The fourth-order valence-electron chi connectivity index (χ4n) is 1.02. The van der Waals surface area contributed by atoms with Crippen LogP contribution in [0.1, 0.15) is 5.69 Å². The molecule has 2 nitrogen and oxygen atoms in total. The molecule has 0 atom stereocenters. The first kappa shape index (κ1) is 5.47. The molecule has 0 amide bonds. The van der Waals surface area contributed by atoms with Gasteiger partial charge in [0.25, 0.3) is 0 Å². The Morgan fingerprint density at radius 1 is 1.30 bits per heavy atom. The van der Waals surface area contributed by atoms with E-state index in [4.69, 9.17) is 0 Å². The van der Waals surface area contributed by atoms with Crippen molar-refractivity contribution in [1.82, 2.24) is 10.2 Å². The van der Waals surface area contributed by atoms with E-state index in [9.17, 15) is 0 Å². The third kappa shape index (κ3) is 0.620. The van der Waals surface area contributed by atoms with E-state index in [0.29, 0.717) is 0 Å². The van der Waals surface area contributed by atoms with Gasteiger partial charge < -0.3 is 0 Å². The van der Waals surface area contributed by atoms with Gasteiger partial charge in [-0.15, -0.1) is 0 Å². The minimum atomic E-state index is 0.815. The van der Waals surface area contributed by atoms with E-state index in [-0.39, 0.29) is 0 Å². The summed E-state index contributed by atoms with van der Waals surface area (Å²) >= 11 is 0. The summed E-state index contributed by atoms with van der Waals surface area (Å²) in [5.74, 6) is 0. The van der Waals surface area contributed by atoms with E-state index >= 15 is 0 Å². The van der Waals surface area contributed by atoms with Crippen LogP contribution in [0.4, 0.5) is 0 Å². The minimum Gasteiger partial charge on any atom is -0.278 e. The monoisotopic (exact) mass is 131 g/mol. The SMILES string of the molecule is [CH2]c1n[nH]c2ccccc12. The van der Waals surface area contributed by atoms with Gasteiger partial charge in [0.05, 0.1) is 11.2 Å². The molecule has 0 saturated carbocycles. The summed E-state index contributed by atoms with van der Waals surface area (Å²) in [5.41, 5.74) is 1.86. The highest BCUT2D eigenvalue weighted by Crippen LogP contribution is 2.12. The predicted molar refractivity (Wildman–Crippen MR) is 40.6 cm³/mol. The van der Waals surface area contributed by atoms with Gasteiger partial charge in [0.2, 0.25) is 0 Å². The summed E-state index contributed by atoms with van der Waals surface area (Å²) < 4.78 is 0. The van der Waals surface area contributed by atoms with Gasteiger partial charge in [0, 0.05) is 5.39 Å². The van der Waals surface area contributed by atoms with Crippen LogP contribution in [0.2, 0.25) is 0 Å². The second-order valence-corrected chi connectivity index (χ2v) is 2.22. The maximum absolute atomic E-state index is 3.96. The molecule has 0 bridgehead atoms. The van der Waals surface area contributed by atoms with E-state index in [1.54, 1.807) is 0 Å². The number of rotatable bonds is 0. The first-order valence-electron chi connectivity index (χ1n) is 3.13. The topological polar surface area (TPSA) is 28.7 Å². The van der Waals surface area contributed by atoms with Crippen LogP contribution in [0, 0.1) is 6.92 Å². The molecule has 2 rings (SSSR count). The third-order valence-electron chi connectivity index (χ3n) is 1.55. The van der Waals surface area contributed by atoms with Crippen molar-refractivity contribution in [3.05, 3.63) is 36.9 Å². The van der Waals surface area contributed by atoms with E-state index in [1.807, 2.05) is 24.3 Å². The normalized spacial score (nSPS) is 10.5. The molecule has 0 aliphatic carbocycles. The summed E-state index contributed by atoms with van der Waals surface area (Å²) in [6.45, 7) is 3.77. The minimum absolute atomic E-state index is 0.815. The van der Waals surface area contributed by atoms with Gasteiger partial charge in [-0.1, -0.05) is 18.2 Å². The number of aromatic amines is 1. The zero-order valence-corrected chi connectivity index (χ0v) is 5.46. The fourth-order valence-corrected chi connectivity index (χ4v) is 1.02. The van der Waals surface area contributed by atoms with Crippen molar-refractivity contribution in [2.45, 2.75) is 0 Å². The Kier molecular flexibility index (Phi) is 1.01. The molecule has 0 unspecified atom stereocenters. The van der Waals surface area contributed by atoms with Crippen LogP contribution in [-0.2, 0) is 0 Å². The second-order valence-electron chi connectivity index (χ2n) is 2.22. The molecule has 2 aromatic rings. The number of hydrogen-bond acceptors (Lipinski definition) is 1. The molecule has 1 heterocycles. The Labute approximate surface area is 58.9 Å². The standard InChI is InChI=1S/C8H7N2/c1-6-7-4-2-3-5-8(7)10-9-6/h2-5H,1H2,(H,9,10). The zero-order valence-electron chi connectivity index (χ0n) is 5.46. The maximum atomic E-state index is 3.96. The van der Waals surface area contributed by atoms with Crippen LogP contribution < -0.4 is 0 Å². The van der Waals surface area contributed by atoms with Crippen molar-refractivity contribution in [1.29, 1.82) is 0 Å². The van der Waals surface area contributed by atoms with Crippen LogP contribution >= 0.6 is 0 Å². The highest BCUT2D eigenvalue weighted by atomic mass is 15.1. The average Bonchev–Trinajstić information content (AvgIpc) is 2.34. The molecule has 49 valence electrons. The lowest BCUT2D eigenvalue weighted by Gasteiger charge is -1.84. The van der Waals surface area contributed by atoms with E-state index in [1.165, 1.54) is 0 Å². The largest absolute Gasteiger partial charge is 0.278 e. The Morgan fingerprint density at radius 2 is 2.10 bits per heavy atom. The van der Waals surface area contributed by atoms with Gasteiger partial charge >= 0.3 is 0 Å². The Balaban J connectivity index is 2.93. The molecule has 0 spiro atoms. The number of fused-ring (bicyclic) bond motifs is 1. The van der Waals surface area contributed by atoms with Crippen molar-refractivity contribution in [2.75, 3.05) is 0 Å². The molecular formula is C8H7N2. The molecule has 1 aromatic carbocycles. The molecule has 1 aromatic heterocycles. The first-order chi connectivity index (χ1) is 4.88. The Hall–Kier alpha value is -1.31. The molecule has 0 fully saturated rings. The van der Waals surface area contributed by atoms with Gasteiger partial charge in [-0.25, -0.2) is 0 Å². The lowest BCUT2D eigenvalue weighted by molar-refractivity contribution is 1.09. The predicted octanol–water partition coefficient (Wildman–Crippen LogP) is 1.75. The second kappa shape index (κ2) is 1.84. The average molecular weight is 131 g/mol. The molecule has 1 radical (unpaired) electrons. The quantitative estimate of drug-likeness (QED) is 0.579. The van der Waals surface area contributed by atoms with Gasteiger partial charge in [0.15, 0.2) is 0 Å². The molecular weight excluding hydrogens is 124 g/mol. The number of nitrogens with zero attached hydrogens (tertiary/aromatic N) is 1. The van der Waals surface area contributed by atoms with Crippen molar-refractivity contribution in [3.8, 4) is 0 Å². The lowest BCUT2D eigenvalue weighted by Crippen LogP contribution is -1.67. The van der Waals surface area contributed by atoms with Crippen molar-refractivity contribution >= 4 is 10.9 Å². The molecule has 10 heavy (non-hydrogen) atoms. The number of benzene rings is 1. The lowest BCUT2D eigenvalue weighted by atomic mass is 10.2. The molecule has 0 saturated heterocycles. The Bertz CT molecular complexity index is 349. The molecule has 2 heteroatoms. The fraction of sp³-hybridized carbons (Fsp3) is 0. The first-order valence-corrected chi connectivity index (χ1v) is 3.13. The number of H-pyrrole nitrogens is 1. The number of aromatic nitrogens is 2. The summed E-state index contributed by atoms with van der Waals surface area (Å²) in [5, 5.41) is 7.93. The molecule has 0 aliphatic heterocycles. The van der Waals surface area contributed by atoms with Crippen LogP contribution in [-0.4, -0.2) is 10.2 Å². The summed E-state index contributed by atoms with van der Waals surface area (Å²) in [6.07, 6.45) is 0. The van der Waals surface area contributed by atoms with Crippen LogP contribution in [0.25, 0.3) is 10.9 Å². The van der Waals surface area contributed by atoms with Crippen LogP contribution in [0.15, 0.2) is 24.3 Å². The van der Waals surface area contributed by atoms with Gasteiger partial charge in [-0.2, -0.15) is 5.10 Å². The highest BCUT2D eigenvalue weighted by Gasteiger charge is 1.96. The van der Waals surface area contributed by atoms with Crippen molar-refractivity contribution in [3.63, 3.8) is 0 Å². The summed E-state index contributed by atoms with van der Waals surface area (Å²) in [7, 11) is 0. The summed E-state index contributed by atoms with van der Waals surface area (Å²) in [4.78, 5) is 0. The third-order valence-corrected chi connectivity index (χ3v) is 1.55. The number of hydrogen-bond donors (Lipinski definition) is 1. The van der Waals surface area contributed by atoms with E-state index < -0.39 is 0 Å². The highest BCUT2D eigenvalue weighted by molar-refractivity contribution is 5.81. The van der Waals surface area contributed by atoms with Crippen molar-refractivity contribution in [2.24, 2.45) is 0 Å². The van der Waals surface area contributed by atoms with Gasteiger partial charge in [0.1, 0.15) is 0 Å². The maximum Gasteiger partial charge on any atom is 0.0704 e. The van der Waals surface area contributed by atoms with Crippen molar-refractivity contribution < 1.29 is 0 Å².